The van der Waals surface area contributed by atoms with Gasteiger partial charge in [0.1, 0.15) is 12.4 Å². The van der Waals surface area contributed by atoms with Gasteiger partial charge >= 0.3 is 0 Å². The molecule has 1 atom stereocenters. The van der Waals surface area contributed by atoms with Crippen LogP contribution >= 0.6 is 0 Å². The van der Waals surface area contributed by atoms with Gasteiger partial charge in [-0.05, 0) is 45.0 Å². The number of aromatic nitrogens is 1. The summed E-state index contributed by atoms with van der Waals surface area (Å²) < 4.78 is 5.83. The Morgan fingerprint density at radius 2 is 1.96 bits per heavy atom. The number of amides is 2. The highest BCUT2D eigenvalue weighted by Crippen LogP contribution is 2.29. The zero-order chi connectivity index (χ0) is 19.4. The number of hydrogen-bond acceptors (Lipinski definition) is 4. The van der Waals surface area contributed by atoms with Crippen LogP contribution in [0.4, 0.5) is 5.69 Å². The van der Waals surface area contributed by atoms with Crippen LogP contribution in [0.1, 0.15) is 32.9 Å². The van der Waals surface area contributed by atoms with E-state index in [1.54, 1.807) is 23.2 Å². The number of anilines is 1. The van der Waals surface area contributed by atoms with Gasteiger partial charge in [0.25, 0.3) is 0 Å². The number of ether oxygens (including phenoxy) is 1. The third-order valence-electron chi connectivity index (χ3n) is 4.55. The monoisotopic (exact) mass is 367 g/mol. The van der Waals surface area contributed by atoms with Gasteiger partial charge in [-0.2, -0.15) is 0 Å². The van der Waals surface area contributed by atoms with E-state index in [2.05, 4.69) is 10.3 Å². The summed E-state index contributed by atoms with van der Waals surface area (Å²) in [5.74, 6) is 0.0698. The maximum atomic E-state index is 12.7. The van der Waals surface area contributed by atoms with Gasteiger partial charge in [-0.1, -0.05) is 18.2 Å². The molecule has 0 spiro atoms. The van der Waals surface area contributed by atoms with Crippen molar-refractivity contribution in [1.82, 2.24) is 9.88 Å². The molecular weight excluding hydrogens is 342 g/mol. The van der Waals surface area contributed by atoms with Gasteiger partial charge in [0, 0.05) is 24.7 Å². The van der Waals surface area contributed by atoms with E-state index in [4.69, 9.17) is 4.74 Å². The quantitative estimate of drug-likeness (QED) is 0.881. The molecule has 1 aliphatic rings. The van der Waals surface area contributed by atoms with Gasteiger partial charge in [-0.25, -0.2) is 0 Å². The molecule has 1 aromatic carbocycles. The summed E-state index contributed by atoms with van der Waals surface area (Å²) in [4.78, 5) is 30.9. The van der Waals surface area contributed by atoms with Crippen LogP contribution in [0.15, 0.2) is 48.7 Å². The molecule has 2 heterocycles. The number of nitrogens with zero attached hydrogens (tertiary/aromatic N) is 2. The number of pyridine rings is 1. The standard InChI is InChI=1S/C21H25N3O3/c1-21(2,3)24-13-15(12-19(24)25)20(26)23-17-9-4-5-10-18(17)27-14-16-8-6-7-11-22-16/h4-11,15H,12-14H2,1-3H3,(H,23,26)/t15-/m0/s1. The third-order valence-corrected chi connectivity index (χ3v) is 4.55. The van der Waals surface area contributed by atoms with Crippen molar-refractivity contribution in [1.29, 1.82) is 0 Å². The van der Waals surface area contributed by atoms with Crippen LogP contribution in [0.3, 0.4) is 0 Å². The van der Waals surface area contributed by atoms with E-state index in [9.17, 15) is 9.59 Å². The van der Waals surface area contributed by atoms with Crippen LogP contribution in [0.25, 0.3) is 0 Å². The zero-order valence-electron chi connectivity index (χ0n) is 15.9. The molecule has 2 aromatic rings. The van der Waals surface area contributed by atoms with Crippen molar-refractivity contribution < 1.29 is 14.3 Å². The summed E-state index contributed by atoms with van der Waals surface area (Å²) in [6, 6.07) is 12.9. The Bertz CT molecular complexity index is 815. The van der Waals surface area contributed by atoms with Crippen molar-refractivity contribution in [2.24, 2.45) is 5.92 Å². The Balaban J connectivity index is 1.66. The molecular formula is C21H25N3O3. The van der Waals surface area contributed by atoms with Gasteiger partial charge in [0.2, 0.25) is 11.8 Å². The predicted molar refractivity (Wildman–Crippen MR) is 103 cm³/mol. The average Bonchev–Trinajstić information content (AvgIpc) is 3.04. The zero-order valence-corrected chi connectivity index (χ0v) is 15.9. The summed E-state index contributed by atoms with van der Waals surface area (Å²) in [7, 11) is 0. The molecule has 0 aliphatic carbocycles. The van der Waals surface area contributed by atoms with Crippen molar-refractivity contribution in [2.45, 2.75) is 39.3 Å². The topological polar surface area (TPSA) is 71.5 Å². The summed E-state index contributed by atoms with van der Waals surface area (Å²) in [6.45, 7) is 6.68. The molecule has 1 fully saturated rings. The number of carbonyl (C=O) groups is 2. The van der Waals surface area contributed by atoms with E-state index in [0.717, 1.165) is 5.69 Å². The molecule has 0 radical (unpaired) electrons. The number of hydrogen-bond donors (Lipinski definition) is 1. The smallest absolute Gasteiger partial charge is 0.229 e. The fourth-order valence-electron chi connectivity index (χ4n) is 3.10. The van der Waals surface area contributed by atoms with Crippen LogP contribution in [0.2, 0.25) is 0 Å². The molecule has 1 saturated heterocycles. The Morgan fingerprint density at radius 3 is 2.63 bits per heavy atom. The highest BCUT2D eigenvalue weighted by atomic mass is 16.5. The molecule has 6 heteroatoms. The summed E-state index contributed by atoms with van der Waals surface area (Å²) in [5, 5.41) is 2.92. The van der Waals surface area contributed by atoms with Crippen LogP contribution in [0, 0.1) is 5.92 Å². The minimum atomic E-state index is -0.361. The number of benzene rings is 1. The lowest BCUT2D eigenvalue weighted by molar-refractivity contribution is -0.131. The van der Waals surface area contributed by atoms with Crippen LogP contribution < -0.4 is 10.1 Å². The van der Waals surface area contributed by atoms with Crippen LogP contribution in [-0.4, -0.2) is 33.8 Å². The second-order valence-corrected chi connectivity index (χ2v) is 7.67. The maximum absolute atomic E-state index is 12.7. The average molecular weight is 367 g/mol. The summed E-state index contributed by atoms with van der Waals surface area (Å²) in [6.07, 6.45) is 1.95. The minimum Gasteiger partial charge on any atom is -0.485 e. The molecule has 1 N–H and O–H groups in total. The molecule has 6 nitrogen and oxygen atoms in total. The molecule has 1 aromatic heterocycles. The number of para-hydroxylation sites is 2. The molecule has 27 heavy (non-hydrogen) atoms. The van der Waals surface area contributed by atoms with Gasteiger partial charge in [0.15, 0.2) is 0 Å². The van der Waals surface area contributed by atoms with Gasteiger partial charge in [-0.3, -0.25) is 14.6 Å². The molecule has 3 rings (SSSR count). The van der Waals surface area contributed by atoms with Crippen molar-refractivity contribution in [2.75, 3.05) is 11.9 Å². The first-order valence-corrected chi connectivity index (χ1v) is 9.07. The fraction of sp³-hybridized carbons (Fsp3) is 0.381. The van der Waals surface area contributed by atoms with E-state index in [0.29, 0.717) is 24.6 Å². The maximum Gasteiger partial charge on any atom is 0.229 e. The van der Waals surface area contributed by atoms with Gasteiger partial charge in [0.05, 0.1) is 17.3 Å². The second kappa shape index (κ2) is 7.78. The molecule has 0 saturated carbocycles. The number of carbonyl (C=O) groups excluding carboxylic acids is 2. The van der Waals surface area contributed by atoms with E-state index < -0.39 is 0 Å². The van der Waals surface area contributed by atoms with Crippen molar-refractivity contribution >= 4 is 17.5 Å². The lowest BCUT2D eigenvalue weighted by Gasteiger charge is -2.31. The fourth-order valence-corrected chi connectivity index (χ4v) is 3.10. The normalized spacial score (nSPS) is 17.1. The highest BCUT2D eigenvalue weighted by Gasteiger charge is 2.39. The van der Waals surface area contributed by atoms with Crippen molar-refractivity contribution in [3.8, 4) is 5.75 Å². The lowest BCUT2D eigenvalue weighted by Crippen LogP contribution is -2.42. The van der Waals surface area contributed by atoms with Gasteiger partial charge in [-0.15, -0.1) is 0 Å². The van der Waals surface area contributed by atoms with Crippen molar-refractivity contribution in [3.63, 3.8) is 0 Å². The number of likely N-dealkylation sites (tertiary alicyclic amines) is 1. The summed E-state index contributed by atoms with van der Waals surface area (Å²) >= 11 is 0. The SMILES string of the molecule is CC(C)(C)N1C[C@@H](C(=O)Nc2ccccc2OCc2ccccn2)CC1=O. The Morgan fingerprint density at radius 1 is 1.22 bits per heavy atom. The van der Waals surface area contributed by atoms with E-state index in [1.165, 1.54) is 0 Å². The molecule has 0 unspecified atom stereocenters. The summed E-state index contributed by atoms with van der Waals surface area (Å²) in [5.41, 5.74) is 1.12. The van der Waals surface area contributed by atoms with E-state index in [-0.39, 0.29) is 29.7 Å². The largest absolute Gasteiger partial charge is 0.485 e. The molecule has 2 amide bonds. The van der Waals surface area contributed by atoms with E-state index >= 15 is 0 Å². The Kier molecular flexibility index (Phi) is 5.44. The van der Waals surface area contributed by atoms with E-state index in [1.807, 2.05) is 51.1 Å². The van der Waals surface area contributed by atoms with Gasteiger partial charge < -0.3 is 15.0 Å². The number of rotatable bonds is 5. The lowest BCUT2D eigenvalue weighted by atomic mass is 10.1. The third kappa shape index (κ3) is 4.64. The second-order valence-electron chi connectivity index (χ2n) is 7.67. The molecule has 0 bridgehead atoms. The first kappa shape index (κ1) is 18.9. The Hall–Kier alpha value is -2.89. The van der Waals surface area contributed by atoms with Crippen LogP contribution in [-0.2, 0) is 16.2 Å². The first-order chi connectivity index (χ1) is 12.8. The first-order valence-electron chi connectivity index (χ1n) is 9.07. The minimum absolute atomic E-state index is 0.0161. The molecule has 142 valence electrons. The molecule has 1 aliphatic heterocycles. The predicted octanol–water partition coefficient (Wildman–Crippen LogP) is 3.25. The number of nitrogens with one attached hydrogen (secondary N) is 1. The highest BCUT2D eigenvalue weighted by molar-refractivity contribution is 5.98. The van der Waals surface area contributed by atoms with Crippen molar-refractivity contribution in [3.05, 3.63) is 54.4 Å². The van der Waals surface area contributed by atoms with Crippen LogP contribution in [0.5, 0.6) is 5.75 Å². The Labute approximate surface area is 159 Å².